The molecular formula is C22H25N3O4. The van der Waals surface area contributed by atoms with Gasteiger partial charge in [-0.3, -0.25) is 14.5 Å². The van der Waals surface area contributed by atoms with Crippen molar-refractivity contribution in [2.24, 2.45) is 0 Å². The number of imide groups is 1. The van der Waals surface area contributed by atoms with Crippen LogP contribution in [-0.2, 0) is 16.0 Å². The van der Waals surface area contributed by atoms with E-state index >= 15 is 0 Å². The Kier molecular flexibility index (Phi) is 5.59. The summed E-state index contributed by atoms with van der Waals surface area (Å²) in [6.07, 6.45) is 0.261. The van der Waals surface area contributed by atoms with Crippen LogP contribution in [0.1, 0.15) is 23.6 Å². The number of carbonyl (C=O) groups is 3. The number of urea groups is 1. The number of nitrogens with zero attached hydrogens (tertiary/aromatic N) is 1. The second-order valence-corrected chi connectivity index (χ2v) is 7.49. The first kappa shape index (κ1) is 20.4. The van der Waals surface area contributed by atoms with Gasteiger partial charge in [-0.25, -0.2) is 4.79 Å². The van der Waals surface area contributed by atoms with Gasteiger partial charge in [0.2, 0.25) is 5.91 Å². The van der Waals surface area contributed by atoms with Crippen LogP contribution in [0, 0.1) is 13.8 Å². The van der Waals surface area contributed by atoms with Crippen LogP contribution in [0.5, 0.6) is 5.75 Å². The average Bonchev–Trinajstić information content (AvgIpc) is 2.88. The van der Waals surface area contributed by atoms with Gasteiger partial charge in [-0.15, -0.1) is 0 Å². The standard InChI is InChI=1S/C22H25N3O4/c1-14-9-10-17(11-15(14)2)23-19(26)13-25-20(27)22(3,24-21(25)28)12-16-7-5-6-8-18(16)29-4/h5-11H,12-13H2,1-4H3,(H,23,26)(H,24,28)/t22-/m1/s1. The Morgan fingerprint density at radius 3 is 2.55 bits per heavy atom. The number of amides is 4. The molecule has 0 radical (unpaired) electrons. The number of hydrogen-bond donors (Lipinski definition) is 2. The number of para-hydroxylation sites is 1. The first-order valence-electron chi connectivity index (χ1n) is 9.36. The Balaban J connectivity index is 1.71. The van der Waals surface area contributed by atoms with Crippen molar-refractivity contribution in [3.63, 3.8) is 0 Å². The Labute approximate surface area is 170 Å². The van der Waals surface area contributed by atoms with E-state index in [0.717, 1.165) is 21.6 Å². The number of aryl methyl sites for hydroxylation is 2. The highest BCUT2D eigenvalue weighted by Crippen LogP contribution is 2.27. The molecule has 1 fully saturated rings. The number of methoxy groups -OCH3 is 1. The van der Waals surface area contributed by atoms with Gasteiger partial charge in [0.1, 0.15) is 17.8 Å². The van der Waals surface area contributed by atoms with Gasteiger partial charge in [0.25, 0.3) is 5.91 Å². The molecule has 2 N–H and O–H groups in total. The number of anilines is 1. The zero-order chi connectivity index (χ0) is 21.2. The topological polar surface area (TPSA) is 87.7 Å². The van der Waals surface area contributed by atoms with Crippen LogP contribution in [0.25, 0.3) is 0 Å². The summed E-state index contributed by atoms with van der Waals surface area (Å²) in [4.78, 5) is 38.7. The van der Waals surface area contributed by atoms with Crippen molar-refractivity contribution in [2.45, 2.75) is 32.7 Å². The van der Waals surface area contributed by atoms with Crippen LogP contribution >= 0.6 is 0 Å². The van der Waals surface area contributed by atoms with E-state index in [0.29, 0.717) is 11.4 Å². The molecule has 1 saturated heterocycles. The minimum absolute atomic E-state index is 0.261. The van der Waals surface area contributed by atoms with Crippen LogP contribution in [0.3, 0.4) is 0 Å². The molecule has 0 saturated carbocycles. The molecule has 152 valence electrons. The highest BCUT2D eigenvalue weighted by molar-refractivity contribution is 6.10. The molecule has 0 unspecified atom stereocenters. The molecule has 2 aromatic carbocycles. The van der Waals surface area contributed by atoms with Gasteiger partial charge in [-0.05, 0) is 55.7 Å². The van der Waals surface area contributed by atoms with Crippen molar-refractivity contribution in [3.05, 3.63) is 59.2 Å². The summed E-state index contributed by atoms with van der Waals surface area (Å²) in [6.45, 7) is 5.24. The average molecular weight is 395 g/mol. The SMILES string of the molecule is COc1ccccc1C[C@@]1(C)NC(=O)N(CC(=O)Nc2ccc(C)c(C)c2)C1=O. The molecule has 0 aromatic heterocycles. The smallest absolute Gasteiger partial charge is 0.325 e. The zero-order valence-electron chi connectivity index (χ0n) is 17.0. The summed E-state index contributed by atoms with van der Waals surface area (Å²) in [5, 5.41) is 5.46. The molecule has 7 nitrogen and oxygen atoms in total. The van der Waals surface area contributed by atoms with Gasteiger partial charge in [-0.1, -0.05) is 24.3 Å². The molecule has 29 heavy (non-hydrogen) atoms. The van der Waals surface area contributed by atoms with E-state index in [1.165, 1.54) is 0 Å². The number of rotatable bonds is 6. The Hall–Kier alpha value is -3.35. The van der Waals surface area contributed by atoms with Crippen LogP contribution in [0.15, 0.2) is 42.5 Å². The number of benzene rings is 2. The molecule has 7 heteroatoms. The summed E-state index contributed by atoms with van der Waals surface area (Å²) in [5.41, 5.74) is 2.44. The molecule has 1 aliphatic rings. The lowest BCUT2D eigenvalue weighted by Gasteiger charge is -2.22. The first-order chi connectivity index (χ1) is 13.7. The lowest BCUT2D eigenvalue weighted by Crippen LogP contribution is -2.46. The van der Waals surface area contributed by atoms with E-state index in [9.17, 15) is 14.4 Å². The Morgan fingerprint density at radius 2 is 1.86 bits per heavy atom. The third-order valence-electron chi connectivity index (χ3n) is 5.17. The van der Waals surface area contributed by atoms with E-state index in [1.54, 1.807) is 26.2 Å². The second-order valence-electron chi connectivity index (χ2n) is 7.49. The molecular weight excluding hydrogens is 370 g/mol. The number of ether oxygens (including phenoxy) is 1. The molecule has 0 bridgehead atoms. The highest BCUT2D eigenvalue weighted by Gasteiger charge is 2.48. The van der Waals surface area contributed by atoms with E-state index in [4.69, 9.17) is 4.74 Å². The summed E-state index contributed by atoms with van der Waals surface area (Å²) in [7, 11) is 1.56. The lowest BCUT2D eigenvalue weighted by molar-refractivity contribution is -0.133. The van der Waals surface area contributed by atoms with Crippen LogP contribution in [-0.4, -0.2) is 41.9 Å². The second kappa shape index (κ2) is 7.95. The van der Waals surface area contributed by atoms with Crippen molar-refractivity contribution < 1.29 is 19.1 Å². The predicted molar refractivity (Wildman–Crippen MR) is 110 cm³/mol. The van der Waals surface area contributed by atoms with E-state index in [2.05, 4.69) is 10.6 Å². The number of carbonyl (C=O) groups excluding carboxylic acids is 3. The maximum absolute atomic E-state index is 13.0. The van der Waals surface area contributed by atoms with Crippen molar-refractivity contribution in [2.75, 3.05) is 19.0 Å². The van der Waals surface area contributed by atoms with Gasteiger partial charge < -0.3 is 15.4 Å². The monoisotopic (exact) mass is 395 g/mol. The quantitative estimate of drug-likeness (QED) is 0.737. The molecule has 2 aromatic rings. The van der Waals surface area contributed by atoms with Crippen molar-refractivity contribution in [1.82, 2.24) is 10.2 Å². The lowest BCUT2D eigenvalue weighted by atomic mass is 9.92. The fraction of sp³-hybridized carbons (Fsp3) is 0.318. The minimum Gasteiger partial charge on any atom is -0.496 e. The fourth-order valence-electron chi connectivity index (χ4n) is 3.40. The number of nitrogens with one attached hydrogen (secondary N) is 2. The van der Waals surface area contributed by atoms with Crippen molar-refractivity contribution in [1.29, 1.82) is 0 Å². The van der Waals surface area contributed by atoms with Crippen molar-refractivity contribution in [3.8, 4) is 5.75 Å². The maximum Gasteiger partial charge on any atom is 0.325 e. The fourth-order valence-corrected chi connectivity index (χ4v) is 3.40. The molecule has 3 rings (SSSR count). The third kappa shape index (κ3) is 4.23. The summed E-state index contributed by atoms with van der Waals surface area (Å²) in [6, 6.07) is 12.3. The minimum atomic E-state index is -1.15. The van der Waals surface area contributed by atoms with Crippen molar-refractivity contribution >= 4 is 23.5 Å². The van der Waals surface area contributed by atoms with Gasteiger partial charge in [-0.2, -0.15) is 0 Å². The number of hydrogen-bond acceptors (Lipinski definition) is 4. The van der Waals surface area contributed by atoms with E-state index in [1.807, 2.05) is 44.2 Å². The Morgan fingerprint density at radius 1 is 1.14 bits per heavy atom. The molecule has 1 atom stereocenters. The molecule has 1 aliphatic heterocycles. The van der Waals surface area contributed by atoms with E-state index < -0.39 is 23.4 Å². The molecule has 4 amide bonds. The van der Waals surface area contributed by atoms with Gasteiger partial charge in [0.05, 0.1) is 7.11 Å². The van der Waals surface area contributed by atoms with Crippen LogP contribution in [0.4, 0.5) is 10.5 Å². The molecule has 0 spiro atoms. The van der Waals surface area contributed by atoms with Crippen LogP contribution < -0.4 is 15.4 Å². The summed E-state index contributed by atoms with van der Waals surface area (Å²) >= 11 is 0. The normalized spacial score (nSPS) is 18.6. The van der Waals surface area contributed by atoms with Gasteiger partial charge >= 0.3 is 6.03 Å². The zero-order valence-corrected chi connectivity index (χ0v) is 17.0. The largest absolute Gasteiger partial charge is 0.496 e. The maximum atomic E-state index is 13.0. The van der Waals surface area contributed by atoms with Gasteiger partial charge in [0, 0.05) is 12.1 Å². The first-order valence-corrected chi connectivity index (χ1v) is 9.36. The predicted octanol–water partition coefficient (Wildman–Crippen LogP) is 2.80. The molecule has 1 heterocycles. The van der Waals surface area contributed by atoms with Crippen LogP contribution in [0.2, 0.25) is 0 Å². The van der Waals surface area contributed by atoms with Gasteiger partial charge in [0.15, 0.2) is 0 Å². The Bertz CT molecular complexity index is 972. The third-order valence-corrected chi connectivity index (χ3v) is 5.17. The summed E-state index contributed by atoms with van der Waals surface area (Å²) < 4.78 is 5.34. The molecule has 0 aliphatic carbocycles. The summed E-state index contributed by atoms with van der Waals surface area (Å²) in [5.74, 6) is -0.233. The highest BCUT2D eigenvalue weighted by atomic mass is 16.5. The van der Waals surface area contributed by atoms with E-state index in [-0.39, 0.29) is 13.0 Å².